The lowest BCUT2D eigenvalue weighted by molar-refractivity contribution is -0.119. The Balaban J connectivity index is 2.80. The zero-order chi connectivity index (χ0) is 12.2. The van der Waals surface area contributed by atoms with Crippen LogP contribution in [-0.4, -0.2) is 29.2 Å². The summed E-state index contributed by atoms with van der Waals surface area (Å²) in [4.78, 5) is 8.82. The molecule has 90 valence electrons. The zero-order valence-electron chi connectivity index (χ0n) is 8.63. The number of hydrogen-bond donors (Lipinski definition) is 0. The van der Waals surface area contributed by atoms with Crippen LogP contribution in [-0.2, 0) is 0 Å². The number of rotatable bonds is 4. The van der Waals surface area contributed by atoms with Crippen LogP contribution >= 0.6 is 15.9 Å². The Hall–Kier alpha value is -0.850. The van der Waals surface area contributed by atoms with Gasteiger partial charge >= 0.3 is 6.18 Å². The van der Waals surface area contributed by atoms with Crippen molar-refractivity contribution in [2.75, 3.05) is 18.0 Å². The van der Waals surface area contributed by atoms with Crippen molar-refractivity contribution >= 4 is 21.9 Å². The topological polar surface area (TPSA) is 29.0 Å². The fourth-order valence-electron chi connectivity index (χ4n) is 1.20. The predicted octanol–water partition coefficient (Wildman–Crippen LogP) is 3.02. The van der Waals surface area contributed by atoms with Crippen LogP contribution in [0.15, 0.2) is 16.9 Å². The summed E-state index contributed by atoms with van der Waals surface area (Å²) in [5.41, 5.74) is 0. The summed E-state index contributed by atoms with van der Waals surface area (Å²) >= 11 is 3.13. The minimum atomic E-state index is -4.24. The second-order valence-electron chi connectivity index (χ2n) is 3.24. The Morgan fingerprint density at radius 1 is 1.31 bits per heavy atom. The minimum Gasteiger partial charge on any atom is -0.332 e. The first-order valence-electron chi connectivity index (χ1n) is 4.71. The van der Waals surface area contributed by atoms with Crippen LogP contribution in [0.1, 0.15) is 13.3 Å². The molecule has 0 amide bonds. The first-order valence-corrected chi connectivity index (χ1v) is 5.51. The van der Waals surface area contributed by atoms with E-state index in [0.29, 0.717) is 10.9 Å². The van der Waals surface area contributed by atoms with Crippen LogP contribution < -0.4 is 4.90 Å². The highest BCUT2D eigenvalue weighted by Crippen LogP contribution is 2.20. The van der Waals surface area contributed by atoms with Crippen molar-refractivity contribution in [3.8, 4) is 0 Å². The molecule has 0 aliphatic carbocycles. The summed E-state index contributed by atoms with van der Waals surface area (Å²) in [7, 11) is 0. The molecule has 7 heteroatoms. The number of alkyl halides is 3. The fraction of sp³-hybridized carbons (Fsp3) is 0.556. The van der Waals surface area contributed by atoms with Gasteiger partial charge in [0.25, 0.3) is 0 Å². The molecule has 0 fully saturated rings. The van der Waals surface area contributed by atoms with Gasteiger partial charge in [-0.3, -0.25) is 0 Å². The van der Waals surface area contributed by atoms with E-state index in [4.69, 9.17) is 0 Å². The Kier molecular flexibility index (Phi) is 4.52. The molecule has 0 saturated carbocycles. The van der Waals surface area contributed by atoms with Crippen LogP contribution in [0.4, 0.5) is 19.1 Å². The maximum atomic E-state index is 12.3. The summed E-state index contributed by atoms with van der Waals surface area (Å²) in [5, 5.41) is 0. The van der Waals surface area contributed by atoms with Gasteiger partial charge in [0.1, 0.15) is 6.54 Å². The SMILES string of the molecule is CCCN(CC(F)(F)F)c1ncc(Br)cn1. The third-order valence-electron chi connectivity index (χ3n) is 1.75. The third kappa shape index (κ3) is 4.34. The fourth-order valence-corrected chi connectivity index (χ4v) is 1.41. The molecular weight excluding hydrogens is 287 g/mol. The average Bonchev–Trinajstić information content (AvgIpc) is 2.16. The van der Waals surface area contributed by atoms with Crippen molar-refractivity contribution in [3.05, 3.63) is 16.9 Å². The van der Waals surface area contributed by atoms with E-state index in [1.807, 2.05) is 6.92 Å². The number of hydrogen-bond acceptors (Lipinski definition) is 3. The lowest BCUT2D eigenvalue weighted by Crippen LogP contribution is -2.35. The largest absolute Gasteiger partial charge is 0.406 e. The summed E-state index contributed by atoms with van der Waals surface area (Å²) in [5.74, 6) is 0.0994. The third-order valence-corrected chi connectivity index (χ3v) is 2.16. The zero-order valence-corrected chi connectivity index (χ0v) is 10.2. The van der Waals surface area contributed by atoms with Crippen LogP contribution in [0.25, 0.3) is 0 Å². The van der Waals surface area contributed by atoms with Gasteiger partial charge in [0.05, 0.1) is 4.47 Å². The lowest BCUT2D eigenvalue weighted by atomic mass is 10.4. The molecule has 1 heterocycles. The van der Waals surface area contributed by atoms with Crippen molar-refractivity contribution in [1.82, 2.24) is 9.97 Å². The van der Waals surface area contributed by atoms with Gasteiger partial charge in [-0.15, -0.1) is 0 Å². The highest BCUT2D eigenvalue weighted by atomic mass is 79.9. The molecule has 3 nitrogen and oxygen atoms in total. The predicted molar refractivity (Wildman–Crippen MR) is 58.3 cm³/mol. The Labute approximate surface area is 99.8 Å². The van der Waals surface area contributed by atoms with Crippen LogP contribution in [0, 0.1) is 0 Å². The molecule has 1 rings (SSSR count). The molecule has 0 radical (unpaired) electrons. The van der Waals surface area contributed by atoms with Crippen molar-refractivity contribution in [2.45, 2.75) is 19.5 Å². The van der Waals surface area contributed by atoms with E-state index in [1.54, 1.807) is 0 Å². The average molecular weight is 298 g/mol. The normalized spacial score (nSPS) is 11.6. The van der Waals surface area contributed by atoms with Crippen molar-refractivity contribution < 1.29 is 13.2 Å². The van der Waals surface area contributed by atoms with E-state index in [2.05, 4.69) is 25.9 Å². The smallest absolute Gasteiger partial charge is 0.332 e. The quantitative estimate of drug-likeness (QED) is 0.855. The first-order chi connectivity index (χ1) is 7.42. The Morgan fingerprint density at radius 2 is 1.88 bits per heavy atom. The van der Waals surface area contributed by atoms with Gasteiger partial charge in [-0.05, 0) is 22.4 Å². The molecule has 0 N–H and O–H groups in total. The van der Waals surface area contributed by atoms with Crippen LogP contribution in [0.3, 0.4) is 0 Å². The standard InChI is InChI=1S/C9H11BrF3N3/c1-2-3-16(6-9(11,12)13)8-14-4-7(10)5-15-8/h4-5H,2-3,6H2,1H3. The molecule has 0 aliphatic rings. The summed E-state index contributed by atoms with van der Waals surface area (Å²) in [6.07, 6.45) is -0.774. The van der Waals surface area contributed by atoms with E-state index in [-0.39, 0.29) is 12.5 Å². The minimum absolute atomic E-state index is 0.0994. The molecule has 0 saturated heterocycles. The highest BCUT2D eigenvalue weighted by molar-refractivity contribution is 9.10. The number of halogens is 4. The molecular formula is C9H11BrF3N3. The van der Waals surface area contributed by atoms with E-state index in [1.165, 1.54) is 12.4 Å². The number of anilines is 1. The van der Waals surface area contributed by atoms with E-state index in [9.17, 15) is 13.2 Å². The van der Waals surface area contributed by atoms with E-state index < -0.39 is 12.7 Å². The number of aromatic nitrogens is 2. The van der Waals surface area contributed by atoms with Gasteiger partial charge < -0.3 is 4.90 Å². The highest BCUT2D eigenvalue weighted by Gasteiger charge is 2.31. The summed E-state index contributed by atoms with van der Waals surface area (Å²) < 4.78 is 37.5. The van der Waals surface area contributed by atoms with Gasteiger partial charge in [-0.1, -0.05) is 6.92 Å². The maximum absolute atomic E-state index is 12.3. The van der Waals surface area contributed by atoms with Crippen molar-refractivity contribution in [1.29, 1.82) is 0 Å². The molecule has 0 spiro atoms. The molecule has 0 aromatic carbocycles. The van der Waals surface area contributed by atoms with Gasteiger partial charge in [0.15, 0.2) is 0 Å². The van der Waals surface area contributed by atoms with E-state index in [0.717, 1.165) is 4.90 Å². The van der Waals surface area contributed by atoms with Crippen LogP contribution in [0.5, 0.6) is 0 Å². The first kappa shape index (κ1) is 13.2. The lowest BCUT2D eigenvalue weighted by Gasteiger charge is -2.22. The van der Waals surface area contributed by atoms with Gasteiger partial charge in [-0.25, -0.2) is 9.97 Å². The van der Waals surface area contributed by atoms with Gasteiger partial charge in [-0.2, -0.15) is 13.2 Å². The second kappa shape index (κ2) is 5.47. The van der Waals surface area contributed by atoms with Crippen molar-refractivity contribution in [2.24, 2.45) is 0 Å². The van der Waals surface area contributed by atoms with E-state index >= 15 is 0 Å². The summed E-state index contributed by atoms with van der Waals surface area (Å²) in [6, 6.07) is 0. The summed E-state index contributed by atoms with van der Waals surface area (Å²) in [6.45, 7) is 1.06. The Bertz CT molecular complexity index is 326. The Morgan fingerprint density at radius 3 is 2.31 bits per heavy atom. The molecule has 1 aromatic heterocycles. The van der Waals surface area contributed by atoms with Gasteiger partial charge in [0.2, 0.25) is 5.95 Å². The maximum Gasteiger partial charge on any atom is 0.406 e. The molecule has 0 aliphatic heterocycles. The van der Waals surface area contributed by atoms with Crippen molar-refractivity contribution in [3.63, 3.8) is 0 Å². The second-order valence-corrected chi connectivity index (χ2v) is 4.15. The van der Waals surface area contributed by atoms with Crippen LogP contribution in [0.2, 0.25) is 0 Å². The molecule has 0 bridgehead atoms. The van der Waals surface area contributed by atoms with Gasteiger partial charge in [0, 0.05) is 18.9 Å². The molecule has 1 aromatic rings. The monoisotopic (exact) mass is 297 g/mol. The number of nitrogens with zero attached hydrogens (tertiary/aromatic N) is 3. The molecule has 16 heavy (non-hydrogen) atoms. The molecule has 0 atom stereocenters. The molecule has 0 unspecified atom stereocenters.